The van der Waals surface area contributed by atoms with E-state index in [0.717, 1.165) is 44.9 Å². The lowest BCUT2D eigenvalue weighted by Crippen LogP contribution is -2.65. The van der Waals surface area contributed by atoms with Gasteiger partial charge in [0.1, 0.15) is 48.8 Å². The van der Waals surface area contributed by atoms with Crippen molar-refractivity contribution in [1.82, 2.24) is 5.32 Å². The van der Waals surface area contributed by atoms with Crippen molar-refractivity contribution in [3.05, 3.63) is 48.6 Å². The minimum absolute atomic E-state index is 0.246. The maximum Gasteiger partial charge on any atom is 0.220 e. The van der Waals surface area contributed by atoms with Crippen molar-refractivity contribution in [3.8, 4) is 0 Å². The average molecular weight is 1350 g/mol. The number of amides is 1. The molecule has 12 unspecified atom stereocenters. The molecule has 0 aliphatic carbocycles. The van der Waals surface area contributed by atoms with Crippen LogP contribution < -0.4 is 5.32 Å². The molecule has 1 amide bonds. The number of allylic oxidation sites excluding steroid dienone is 7. The van der Waals surface area contributed by atoms with Crippen molar-refractivity contribution in [2.24, 2.45) is 0 Å². The summed E-state index contributed by atoms with van der Waals surface area (Å²) in [5.41, 5.74) is 0. The summed E-state index contributed by atoms with van der Waals surface area (Å²) in [5, 5.41) is 87.6. The fourth-order valence-corrected chi connectivity index (χ4v) is 13.3. The Morgan fingerprint density at radius 2 is 0.674 bits per heavy atom. The molecule has 2 rings (SSSR count). The van der Waals surface area contributed by atoms with Crippen molar-refractivity contribution in [3.63, 3.8) is 0 Å². The van der Waals surface area contributed by atoms with Crippen LogP contribution in [0.25, 0.3) is 0 Å². The van der Waals surface area contributed by atoms with Crippen LogP contribution in [0.15, 0.2) is 48.6 Å². The van der Waals surface area contributed by atoms with E-state index < -0.39 is 86.8 Å². The number of hydrogen-bond donors (Lipinski definition) is 9. The maximum atomic E-state index is 13.4. The summed E-state index contributed by atoms with van der Waals surface area (Å²) < 4.78 is 22.9. The average Bonchev–Trinajstić information content (AvgIpc) is 0.800. The van der Waals surface area contributed by atoms with Gasteiger partial charge < -0.3 is 65.1 Å². The standard InChI is InChI=1S/C81H151NO13/c1-3-5-7-9-11-13-15-17-19-21-23-25-27-29-31-32-33-34-35-36-37-38-39-41-43-45-47-49-51-53-55-57-59-61-63-65-73(86)82-69(68-92-80-78(91)76(89)79(72(67-84)94-80)95-81-77(90)75(88)74(87)71(66-83)93-81)70(85)64-62-60-58-56-54-52-50-48-46-44-42-40-30-28-26-24-22-20-18-16-14-12-10-8-6-4-2/h21,23,46,48,54,56,62,64,69-72,74-81,83-85,87-91H,3-20,22,24-45,47,49-53,55,57-61,63,65-68H2,1-2H3,(H,82,86)/b23-21-,48-46+,56-54+,64-62+. The third-order valence-electron chi connectivity index (χ3n) is 19.7. The Bertz CT molecular complexity index is 1780. The van der Waals surface area contributed by atoms with Crippen LogP contribution in [0.1, 0.15) is 367 Å². The second kappa shape index (κ2) is 65.3. The van der Waals surface area contributed by atoms with Gasteiger partial charge >= 0.3 is 0 Å². The van der Waals surface area contributed by atoms with E-state index in [1.807, 2.05) is 6.08 Å². The Morgan fingerprint density at radius 3 is 1.03 bits per heavy atom. The maximum absolute atomic E-state index is 13.4. The molecule has 12 atom stereocenters. The number of hydrogen-bond acceptors (Lipinski definition) is 13. The molecule has 0 aromatic carbocycles. The van der Waals surface area contributed by atoms with Crippen LogP contribution in [0.3, 0.4) is 0 Å². The Balaban J connectivity index is 1.62. The molecule has 2 heterocycles. The molecule has 2 aliphatic rings. The Morgan fingerprint density at radius 1 is 0.368 bits per heavy atom. The highest BCUT2D eigenvalue weighted by Gasteiger charge is 2.51. The van der Waals surface area contributed by atoms with Gasteiger partial charge in [0.25, 0.3) is 0 Å². The third-order valence-corrected chi connectivity index (χ3v) is 19.7. The van der Waals surface area contributed by atoms with Gasteiger partial charge in [0, 0.05) is 6.42 Å². The zero-order valence-corrected chi connectivity index (χ0v) is 61.2. The number of rotatable bonds is 68. The zero-order chi connectivity index (χ0) is 68.7. The topological polar surface area (TPSA) is 228 Å². The summed E-state index contributed by atoms with van der Waals surface area (Å²) in [5.74, 6) is -0.246. The van der Waals surface area contributed by atoms with Crippen LogP contribution in [-0.4, -0.2) is 140 Å². The smallest absolute Gasteiger partial charge is 0.220 e. The van der Waals surface area contributed by atoms with E-state index in [9.17, 15) is 45.6 Å². The lowest BCUT2D eigenvalue weighted by atomic mass is 9.97. The summed E-state index contributed by atoms with van der Waals surface area (Å²) in [6, 6.07) is -0.939. The van der Waals surface area contributed by atoms with E-state index in [1.54, 1.807) is 6.08 Å². The van der Waals surface area contributed by atoms with Gasteiger partial charge in [-0.15, -0.1) is 0 Å². The first-order valence-corrected chi connectivity index (χ1v) is 40.4. The molecular weight excluding hydrogens is 1190 g/mol. The minimum atomic E-state index is -1.79. The number of carbonyl (C=O) groups is 1. The van der Waals surface area contributed by atoms with E-state index in [0.29, 0.717) is 12.8 Å². The fraction of sp³-hybridized carbons (Fsp3) is 0.889. The van der Waals surface area contributed by atoms with E-state index >= 15 is 0 Å². The van der Waals surface area contributed by atoms with Crippen LogP contribution in [0, 0.1) is 0 Å². The van der Waals surface area contributed by atoms with Crippen LogP contribution in [0.4, 0.5) is 0 Å². The highest BCUT2D eigenvalue weighted by atomic mass is 16.7. The number of aliphatic hydroxyl groups is 8. The van der Waals surface area contributed by atoms with Crippen molar-refractivity contribution in [2.45, 2.75) is 441 Å². The molecule has 0 bridgehead atoms. The lowest BCUT2D eigenvalue weighted by Gasteiger charge is -2.46. The van der Waals surface area contributed by atoms with Gasteiger partial charge in [-0.3, -0.25) is 4.79 Å². The SMILES string of the molecule is CCCCCCCCCC/C=C\CCCCCCCCCCCCCCCCCCCCCCCCCC(=O)NC(COC1OC(CO)C(OC2OC(CO)C(O)C(O)C2O)C(O)C1O)C(O)/C=C/CC/C=C/CC/C=C/CCCCCCCCCCCCCCCCCC. The summed E-state index contributed by atoms with van der Waals surface area (Å²) >= 11 is 0. The summed E-state index contributed by atoms with van der Waals surface area (Å²) in [4.78, 5) is 13.4. The van der Waals surface area contributed by atoms with Crippen LogP contribution in [-0.2, 0) is 23.7 Å². The molecule has 0 spiro atoms. The molecule has 14 nitrogen and oxygen atoms in total. The Labute approximate surface area is 582 Å². The fourth-order valence-electron chi connectivity index (χ4n) is 13.3. The molecule has 0 radical (unpaired) electrons. The molecular formula is C81H151NO13. The van der Waals surface area contributed by atoms with Gasteiger partial charge in [-0.05, 0) is 70.6 Å². The first kappa shape index (κ1) is 89.0. The van der Waals surface area contributed by atoms with Crippen molar-refractivity contribution >= 4 is 5.91 Å². The second-order valence-electron chi connectivity index (χ2n) is 28.5. The molecule has 0 aromatic heterocycles. The highest BCUT2D eigenvalue weighted by Crippen LogP contribution is 2.30. The van der Waals surface area contributed by atoms with Crippen LogP contribution in [0.5, 0.6) is 0 Å². The summed E-state index contributed by atoms with van der Waals surface area (Å²) in [6.45, 7) is 2.83. The molecule has 2 aliphatic heterocycles. The van der Waals surface area contributed by atoms with Crippen LogP contribution >= 0.6 is 0 Å². The van der Waals surface area contributed by atoms with Gasteiger partial charge in [0.05, 0.1) is 32.0 Å². The Hall–Kier alpha value is -2.05. The van der Waals surface area contributed by atoms with Crippen molar-refractivity contribution in [1.29, 1.82) is 0 Å². The number of nitrogens with one attached hydrogen (secondary N) is 1. The van der Waals surface area contributed by atoms with Gasteiger partial charge in [0.2, 0.25) is 5.91 Å². The molecule has 0 saturated carbocycles. The number of aliphatic hydroxyl groups excluding tert-OH is 8. The summed E-state index contributed by atoms with van der Waals surface area (Å²) in [7, 11) is 0. The molecule has 558 valence electrons. The molecule has 2 saturated heterocycles. The van der Waals surface area contributed by atoms with Gasteiger partial charge in [-0.1, -0.05) is 339 Å². The van der Waals surface area contributed by atoms with Crippen molar-refractivity contribution in [2.75, 3.05) is 19.8 Å². The van der Waals surface area contributed by atoms with Crippen LogP contribution in [0.2, 0.25) is 0 Å². The minimum Gasteiger partial charge on any atom is -0.394 e. The Kier molecular flexibility index (Phi) is 61.2. The predicted octanol–water partition coefficient (Wildman–Crippen LogP) is 18.2. The molecule has 9 N–H and O–H groups in total. The molecule has 14 heteroatoms. The van der Waals surface area contributed by atoms with Gasteiger partial charge in [-0.2, -0.15) is 0 Å². The first-order valence-electron chi connectivity index (χ1n) is 40.4. The van der Waals surface area contributed by atoms with E-state index in [1.165, 1.54) is 289 Å². The highest BCUT2D eigenvalue weighted by molar-refractivity contribution is 5.76. The zero-order valence-electron chi connectivity index (χ0n) is 61.2. The summed E-state index contributed by atoms with van der Waals surface area (Å²) in [6.07, 6.45) is 70.6. The molecule has 2 fully saturated rings. The quantitative estimate of drug-likeness (QED) is 0.0204. The predicted molar refractivity (Wildman–Crippen MR) is 392 cm³/mol. The van der Waals surface area contributed by atoms with Crippen molar-refractivity contribution < 1.29 is 64.6 Å². The number of carbonyl (C=O) groups excluding carboxylic acids is 1. The van der Waals surface area contributed by atoms with Gasteiger partial charge in [0.15, 0.2) is 12.6 Å². The third kappa shape index (κ3) is 48.4. The van der Waals surface area contributed by atoms with E-state index in [4.69, 9.17) is 18.9 Å². The number of ether oxygens (including phenoxy) is 4. The largest absolute Gasteiger partial charge is 0.394 e. The van der Waals surface area contributed by atoms with E-state index in [2.05, 4.69) is 55.6 Å². The normalized spacial score (nSPS) is 22.5. The first-order chi connectivity index (χ1) is 46.6. The second-order valence-corrected chi connectivity index (χ2v) is 28.5. The van der Waals surface area contributed by atoms with E-state index in [-0.39, 0.29) is 18.9 Å². The van der Waals surface area contributed by atoms with Gasteiger partial charge in [-0.25, -0.2) is 0 Å². The molecule has 95 heavy (non-hydrogen) atoms. The molecule has 0 aromatic rings. The lowest BCUT2D eigenvalue weighted by molar-refractivity contribution is -0.359. The monoisotopic (exact) mass is 1350 g/mol. The number of unbranched alkanes of at least 4 members (excludes halogenated alkanes) is 49.